The van der Waals surface area contributed by atoms with Gasteiger partial charge in [-0.15, -0.1) is 0 Å². The molecule has 2 aromatic heterocycles. The Labute approximate surface area is 111 Å². The van der Waals surface area contributed by atoms with Crippen molar-refractivity contribution >= 4 is 0 Å². The first-order valence-electron chi connectivity index (χ1n) is 5.98. The van der Waals surface area contributed by atoms with Gasteiger partial charge in [-0.2, -0.15) is 5.10 Å². The Kier molecular flexibility index (Phi) is 2.98. The minimum absolute atomic E-state index is 0.595. The van der Waals surface area contributed by atoms with Crippen molar-refractivity contribution in [2.75, 3.05) is 7.11 Å². The fourth-order valence-electron chi connectivity index (χ4n) is 1.96. The van der Waals surface area contributed by atoms with Gasteiger partial charge in [-0.25, -0.2) is 9.67 Å². The van der Waals surface area contributed by atoms with Crippen LogP contribution in [0.1, 0.15) is 0 Å². The smallest absolute Gasteiger partial charge is 0.213 e. The normalized spacial score (nSPS) is 10.4. The molecule has 0 fully saturated rings. The van der Waals surface area contributed by atoms with E-state index in [1.165, 1.54) is 0 Å². The summed E-state index contributed by atoms with van der Waals surface area (Å²) in [5, 5.41) is 4.35. The van der Waals surface area contributed by atoms with Gasteiger partial charge in [-0.1, -0.05) is 30.3 Å². The number of nitrogens with zero attached hydrogens (tertiary/aromatic N) is 3. The number of methoxy groups -OCH3 is 1. The zero-order valence-electron chi connectivity index (χ0n) is 10.5. The van der Waals surface area contributed by atoms with Gasteiger partial charge in [0.1, 0.15) is 0 Å². The van der Waals surface area contributed by atoms with Crippen molar-refractivity contribution < 1.29 is 4.74 Å². The summed E-state index contributed by atoms with van der Waals surface area (Å²) in [7, 11) is 1.60. The zero-order valence-corrected chi connectivity index (χ0v) is 10.5. The van der Waals surface area contributed by atoms with Crippen molar-refractivity contribution in [2.24, 2.45) is 0 Å². The summed E-state index contributed by atoms with van der Waals surface area (Å²) < 4.78 is 6.92. The molecule has 4 nitrogen and oxygen atoms in total. The molecule has 3 rings (SSSR count). The quantitative estimate of drug-likeness (QED) is 0.718. The summed E-state index contributed by atoms with van der Waals surface area (Å²) >= 11 is 0. The maximum absolute atomic E-state index is 5.06. The van der Waals surface area contributed by atoms with Crippen molar-refractivity contribution in [3.63, 3.8) is 0 Å². The number of rotatable bonds is 3. The van der Waals surface area contributed by atoms with Crippen molar-refractivity contribution in [3.8, 4) is 22.8 Å². The number of ether oxygens (including phenoxy) is 1. The Hall–Kier alpha value is -2.62. The Morgan fingerprint density at radius 1 is 1.00 bits per heavy atom. The summed E-state index contributed by atoms with van der Waals surface area (Å²) in [4.78, 5) is 4.20. The van der Waals surface area contributed by atoms with Crippen LogP contribution in [0, 0.1) is 0 Å². The maximum Gasteiger partial charge on any atom is 0.213 e. The number of pyridine rings is 1. The first kappa shape index (κ1) is 11.5. The van der Waals surface area contributed by atoms with Crippen LogP contribution in [0.3, 0.4) is 0 Å². The van der Waals surface area contributed by atoms with Crippen LogP contribution in [0.4, 0.5) is 0 Å². The number of aromatic nitrogens is 3. The Bertz CT molecular complexity index is 659. The molecule has 1 aromatic carbocycles. The monoisotopic (exact) mass is 251 g/mol. The lowest BCUT2D eigenvalue weighted by atomic mass is 10.1. The Morgan fingerprint density at radius 3 is 2.53 bits per heavy atom. The van der Waals surface area contributed by atoms with Crippen LogP contribution in [0.2, 0.25) is 0 Å². The molecule has 4 heteroatoms. The van der Waals surface area contributed by atoms with Crippen LogP contribution < -0.4 is 4.74 Å². The highest BCUT2D eigenvalue weighted by molar-refractivity contribution is 5.61. The first-order chi connectivity index (χ1) is 9.38. The van der Waals surface area contributed by atoms with E-state index in [1.807, 2.05) is 41.1 Å². The van der Waals surface area contributed by atoms with Gasteiger partial charge in [-0.3, -0.25) is 0 Å². The Morgan fingerprint density at radius 2 is 1.84 bits per heavy atom. The highest BCUT2D eigenvalue weighted by Crippen LogP contribution is 2.22. The van der Waals surface area contributed by atoms with Gasteiger partial charge in [0.2, 0.25) is 5.88 Å². The molecule has 0 saturated heterocycles. The van der Waals surface area contributed by atoms with Gasteiger partial charge in [0.05, 0.1) is 30.9 Å². The van der Waals surface area contributed by atoms with Crippen LogP contribution in [-0.2, 0) is 0 Å². The van der Waals surface area contributed by atoms with E-state index < -0.39 is 0 Å². The van der Waals surface area contributed by atoms with Gasteiger partial charge >= 0.3 is 0 Å². The minimum Gasteiger partial charge on any atom is -0.481 e. The average Bonchev–Trinajstić information content (AvgIpc) is 2.98. The van der Waals surface area contributed by atoms with Gasteiger partial charge in [-0.05, 0) is 12.1 Å². The lowest BCUT2D eigenvalue weighted by Crippen LogP contribution is -1.99. The molecule has 3 aromatic rings. The number of benzene rings is 1. The van der Waals surface area contributed by atoms with E-state index in [0.717, 1.165) is 16.9 Å². The van der Waals surface area contributed by atoms with Crippen LogP contribution in [0.5, 0.6) is 5.88 Å². The summed E-state index contributed by atoms with van der Waals surface area (Å²) in [5.74, 6) is 0.595. The molecule has 2 heterocycles. The van der Waals surface area contributed by atoms with Crippen molar-refractivity contribution in [2.45, 2.75) is 0 Å². The van der Waals surface area contributed by atoms with Gasteiger partial charge < -0.3 is 4.74 Å². The third-order valence-electron chi connectivity index (χ3n) is 2.89. The molecule has 0 bridgehead atoms. The third-order valence-corrected chi connectivity index (χ3v) is 2.89. The molecule has 0 aliphatic rings. The molecule has 0 atom stereocenters. The molecule has 0 saturated carbocycles. The average molecular weight is 251 g/mol. The van der Waals surface area contributed by atoms with E-state index in [4.69, 9.17) is 4.74 Å². The molecule has 0 radical (unpaired) electrons. The molecule has 0 spiro atoms. The second-order valence-corrected chi connectivity index (χ2v) is 4.05. The third kappa shape index (κ3) is 2.20. The van der Waals surface area contributed by atoms with E-state index >= 15 is 0 Å². The molecule has 0 aliphatic heterocycles. The molecule has 0 N–H and O–H groups in total. The van der Waals surface area contributed by atoms with E-state index in [1.54, 1.807) is 19.5 Å². The molecule has 0 unspecified atom stereocenters. The topological polar surface area (TPSA) is 39.9 Å². The van der Waals surface area contributed by atoms with Crippen molar-refractivity contribution in [3.05, 3.63) is 60.9 Å². The summed E-state index contributed by atoms with van der Waals surface area (Å²) in [6, 6.07) is 15.9. The summed E-state index contributed by atoms with van der Waals surface area (Å²) in [5.41, 5.74) is 3.06. The lowest BCUT2D eigenvalue weighted by molar-refractivity contribution is 0.397. The van der Waals surface area contributed by atoms with Crippen LogP contribution in [0.15, 0.2) is 60.9 Å². The SMILES string of the molecule is COc1ccc(-n2nccc2-c2ccccc2)cn1. The van der Waals surface area contributed by atoms with Crippen LogP contribution >= 0.6 is 0 Å². The molecule has 94 valence electrons. The van der Waals surface area contributed by atoms with Crippen molar-refractivity contribution in [1.82, 2.24) is 14.8 Å². The largest absolute Gasteiger partial charge is 0.481 e. The van der Waals surface area contributed by atoms with Gasteiger partial charge in [0, 0.05) is 11.6 Å². The first-order valence-corrected chi connectivity index (χ1v) is 5.98. The maximum atomic E-state index is 5.06. The standard InChI is InChI=1S/C15H13N3O/c1-19-15-8-7-13(11-16-15)18-14(9-10-17-18)12-5-3-2-4-6-12/h2-11H,1H3. The van der Waals surface area contributed by atoms with Crippen molar-refractivity contribution in [1.29, 1.82) is 0 Å². The van der Waals surface area contributed by atoms with E-state index in [0.29, 0.717) is 5.88 Å². The summed E-state index contributed by atoms with van der Waals surface area (Å²) in [6.07, 6.45) is 3.53. The van der Waals surface area contributed by atoms with Crippen LogP contribution in [0.25, 0.3) is 16.9 Å². The van der Waals surface area contributed by atoms with Crippen LogP contribution in [-0.4, -0.2) is 21.9 Å². The Balaban J connectivity index is 2.04. The fraction of sp³-hybridized carbons (Fsp3) is 0.0667. The molecule has 0 amide bonds. The highest BCUT2D eigenvalue weighted by Gasteiger charge is 2.07. The highest BCUT2D eigenvalue weighted by atomic mass is 16.5. The van der Waals surface area contributed by atoms with E-state index in [-0.39, 0.29) is 0 Å². The minimum atomic E-state index is 0.595. The van der Waals surface area contributed by atoms with E-state index in [2.05, 4.69) is 22.2 Å². The summed E-state index contributed by atoms with van der Waals surface area (Å²) in [6.45, 7) is 0. The molecule has 19 heavy (non-hydrogen) atoms. The van der Waals surface area contributed by atoms with E-state index in [9.17, 15) is 0 Å². The number of hydrogen-bond donors (Lipinski definition) is 0. The molecular weight excluding hydrogens is 238 g/mol. The number of hydrogen-bond acceptors (Lipinski definition) is 3. The van der Waals surface area contributed by atoms with Gasteiger partial charge in [0.25, 0.3) is 0 Å². The fourth-order valence-corrected chi connectivity index (χ4v) is 1.96. The zero-order chi connectivity index (χ0) is 13.1. The predicted octanol–water partition coefficient (Wildman–Crippen LogP) is 2.94. The molecule has 0 aliphatic carbocycles. The van der Waals surface area contributed by atoms with Gasteiger partial charge in [0.15, 0.2) is 0 Å². The second-order valence-electron chi connectivity index (χ2n) is 4.05. The second kappa shape index (κ2) is 4.94. The predicted molar refractivity (Wildman–Crippen MR) is 73.3 cm³/mol. The molecular formula is C15H13N3O. The lowest BCUT2D eigenvalue weighted by Gasteiger charge is -2.07.